The summed E-state index contributed by atoms with van der Waals surface area (Å²) in [6.07, 6.45) is 0.805. The molecule has 0 fully saturated rings. The van der Waals surface area contributed by atoms with Crippen LogP contribution in [-0.2, 0) is 0 Å². The molecule has 3 nitrogen and oxygen atoms in total. The highest BCUT2D eigenvalue weighted by Gasteiger charge is 2.13. The van der Waals surface area contributed by atoms with E-state index < -0.39 is 0 Å². The van der Waals surface area contributed by atoms with Crippen LogP contribution in [0, 0.1) is 0 Å². The average Bonchev–Trinajstić information content (AvgIpc) is 2.81. The largest absolute Gasteiger partial charge is 0.492 e. The summed E-state index contributed by atoms with van der Waals surface area (Å²) in [4.78, 5) is 0. The molecule has 0 heterocycles. The van der Waals surface area contributed by atoms with Crippen LogP contribution < -0.4 is 16.2 Å². The summed E-state index contributed by atoms with van der Waals surface area (Å²) in [6, 6.07) is 29.1. The van der Waals surface area contributed by atoms with Crippen molar-refractivity contribution in [2.75, 3.05) is 19.7 Å². The van der Waals surface area contributed by atoms with Crippen LogP contribution in [-0.4, -0.2) is 19.7 Å². The number of hydrogen-bond acceptors (Lipinski definition) is 3. The van der Waals surface area contributed by atoms with Crippen LogP contribution in [0.15, 0.2) is 84.9 Å². The molecular formula is C26H32N2O. The van der Waals surface area contributed by atoms with Crippen LogP contribution in [0.1, 0.15) is 37.0 Å². The van der Waals surface area contributed by atoms with E-state index in [4.69, 9.17) is 16.2 Å². The van der Waals surface area contributed by atoms with Gasteiger partial charge in [-0.3, -0.25) is 0 Å². The number of benzene rings is 3. The molecule has 0 unspecified atom stereocenters. The first kappa shape index (κ1) is 22.4. The fraction of sp³-hybridized carbons (Fsp3) is 0.231. The summed E-state index contributed by atoms with van der Waals surface area (Å²) in [5, 5.41) is 0. The summed E-state index contributed by atoms with van der Waals surface area (Å²) in [5.41, 5.74) is 17.5. The lowest BCUT2D eigenvalue weighted by molar-refractivity contribution is 0.328. The van der Waals surface area contributed by atoms with E-state index in [2.05, 4.69) is 60.7 Å². The zero-order valence-corrected chi connectivity index (χ0v) is 17.5. The third-order valence-electron chi connectivity index (χ3n) is 4.41. The van der Waals surface area contributed by atoms with Gasteiger partial charge in [-0.25, -0.2) is 0 Å². The lowest BCUT2D eigenvalue weighted by atomic mass is 9.88. The van der Waals surface area contributed by atoms with Crippen molar-refractivity contribution in [2.24, 2.45) is 11.5 Å². The SMILES string of the molecule is CC.NCCOc1ccc(/C(=C(/CCN)c2ccccc2)c2ccccc2)cc1. The van der Waals surface area contributed by atoms with Gasteiger partial charge in [0.2, 0.25) is 0 Å². The highest BCUT2D eigenvalue weighted by atomic mass is 16.5. The number of hydrogen-bond donors (Lipinski definition) is 2. The second kappa shape index (κ2) is 12.6. The first-order chi connectivity index (χ1) is 14.3. The van der Waals surface area contributed by atoms with Crippen molar-refractivity contribution in [3.05, 3.63) is 102 Å². The first-order valence-electron chi connectivity index (χ1n) is 10.3. The molecule has 3 aromatic carbocycles. The quantitative estimate of drug-likeness (QED) is 0.511. The maximum Gasteiger partial charge on any atom is 0.119 e. The molecule has 0 saturated carbocycles. The zero-order valence-electron chi connectivity index (χ0n) is 17.5. The lowest BCUT2D eigenvalue weighted by Gasteiger charge is -2.17. The Balaban J connectivity index is 0.00000145. The summed E-state index contributed by atoms with van der Waals surface area (Å²) in [6.45, 7) is 5.62. The van der Waals surface area contributed by atoms with Gasteiger partial charge in [0.05, 0.1) is 0 Å². The molecule has 0 aliphatic rings. The van der Waals surface area contributed by atoms with Crippen molar-refractivity contribution in [3.8, 4) is 5.75 Å². The highest BCUT2D eigenvalue weighted by molar-refractivity contribution is 5.98. The Labute approximate surface area is 175 Å². The Morgan fingerprint density at radius 3 is 1.69 bits per heavy atom. The van der Waals surface area contributed by atoms with E-state index in [0.717, 1.165) is 17.7 Å². The van der Waals surface area contributed by atoms with Gasteiger partial charge in [-0.2, -0.15) is 0 Å². The maximum absolute atomic E-state index is 5.97. The predicted molar refractivity (Wildman–Crippen MR) is 125 cm³/mol. The van der Waals surface area contributed by atoms with Crippen LogP contribution >= 0.6 is 0 Å². The summed E-state index contributed by atoms with van der Waals surface area (Å²) in [7, 11) is 0. The minimum Gasteiger partial charge on any atom is -0.492 e. The molecule has 0 radical (unpaired) electrons. The average molecular weight is 389 g/mol. The molecule has 0 bridgehead atoms. The van der Waals surface area contributed by atoms with Crippen molar-refractivity contribution < 1.29 is 4.74 Å². The zero-order chi connectivity index (χ0) is 20.9. The van der Waals surface area contributed by atoms with Gasteiger partial charge in [-0.15, -0.1) is 0 Å². The molecule has 0 spiro atoms. The second-order valence-electron chi connectivity index (χ2n) is 6.29. The summed E-state index contributed by atoms with van der Waals surface area (Å²) >= 11 is 0. The van der Waals surface area contributed by atoms with Crippen molar-refractivity contribution in [1.82, 2.24) is 0 Å². The minimum atomic E-state index is 0.506. The van der Waals surface area contributed by atoms with Crippen molar-refractivity contribution in [3.63, 3.8) is 0 Å². The van der Waals surface area contributed by atoms with Gasteiger partial charge in [0.15, 0.2) is 0 Å². The van der Waals surface area contributed by atoms with Crippen molar-refractivity contribution >= 4 is 11.1 Å². The molecule has 152 valence electrons. The van der Waals surface area contributed by atoms with Gasteiger partial charge in [0, 0.05) is 6.54 Å². The monoisotopic (exact) mass is 388 g/mol. The molecule has 3 aromatic rings. The first-order valence-corrected chi connectivity index (χ1v) is 10.3. The van der Waals surface area contributed by atoms with Crippen LogP contribution in [0.25, 0.3) is 11.1 Å². The third-order valence-corrected chi connectivity index (χ3v) is 4.41. The Kier molecular flexibility index (Phi) is 9.70. The molecular weight excluding hydrogens is 356 g/mol. The van der Waals surface area contributed by atoms with E-state index in [1.807, 2.05) is 38.1 Å². The molecule has 0 saturated heterocycles. The second-order valence-corrected chi connectivity index (χ2v) is 6.29. The highest BCUT2D eigenvalue weighted by Crippen LogP contribution is 2.34. The Morgan fingerprint density at radius 2 is 1.17 bits per heavy atom. The minimum absolute atomic E-state index is 0.506. The molecule has 29 heavy (non-hydrogen) atoms. The number of rotatable bonds is 8. The van der Waals surface area contributed by atoms with Crippen molar-refractivity contribution in [2.45, 2.75) is 20.3 Å². The predicted octanol–water partition coefficient (Wildman–Crippen LogP) is 5.36. The van der Waals surface area contributed by atoms with Crippen LogP contribution in [0.2, 0.25) is 0 Å². The lowest BCUT2D eigenvalue weighted by Crippen LogP contribution is -2.10. The fourth-order valence-corrected chi connectivity index (χ4v) is 3.21. The topological polar surface area (TPSA) is 61.3 Å². The molecule has 3 heteroatoms. The van der Waals surface area contributed by atoms with Crippen LogP contribution in [0.3, 0.4) is 0 Å². The van der Waals surface area contributed by atoms with E-state index in [9.17, 15) is 0 Å². The van der Waals surface area contributed by atoms with Crippen LogP contribution in [0.5, 0.6) is 5.75 Å². The van der Waals surface area contributed by atoms with Crippen molar-refractivity contribution in [1.29, 1.82) is 0 Å². The molecule has 3 rings (SSSR count). The Bertz CT molecular complexity index is 856. The van der Waals surface area contributed by atoms with Gasteiger partial charge in [-0.05, 0) is 52.9 Å². The van der Waals surface area contributed by atoms with Gasteiger partial charge in [-0.1, -0.05) is 86.6 Å². The molecule has 0 aromatic heterocycles. The molecule has 0 aliphatic carbocycles. The van der Waals surface area contributed by atoms with Gasteiger partial charge in [0.25, 0.3) is 0 Å². The smallest absolute Gasteiger partial charge is 0.119 e. The number of ether oxygens (including phenoxy) is 1. The van der Waals surface area contributed by atoms with Gasteiger partial charge >= 0.3 is 0 Å². The normalized spacial score (nSPS) is 11.2. The molecule has 0 aliphatic heterocycles. The molecule has 4 N–H and O–H groups in total. The Morgan fingerprint density at radius 1 is 0.655 bits per heavy atom. The number of nitrogens with two attached hydrogens (primary N) is 2. The van der Waals surface area contributed by atoms with E-state index in [-0.39, 0.29) is 0 Å². The van der Waals surface area contributed by atoms with E-state index in [1.54, 1.807) is 0 Å². The van der Waals surface area contributed by atoms with Crippen LogP contribution in [0.4, 0.5) is 0 Å². The standard InChI is InChI=1S/C24H26N2O.C2H6/c25-16-15-23(19-7-3-1-4-8-19)24(20-9-5-2-6-10-20)21-11-13-22(14-12-21)27-18-17-26;1-2/h1-14H,15-18,25-26H2;1-2H3/b24-23-;. The van der Waals surface area contributed by atoms with E-state index >= 15 is 0 Å². The molecule has 0 amide bonds. The van der Waals surface area contributed by atoms with Gasteiger partial charge < -0.3 is 16.2 Å². The Hall–Kier alpha value is -2.88. The van der Waals surface area contributed by atoms with E-state index in [0.29, 0.717) is 19.7 Å². The summed E-state index contributed by atoms with van der Waals surface area (Å²) < 4.78 is 5.63. The van der Waals surface area contributed by atoms with Gasteiger partial charge in [0.1, 0.15) is 12.4 Å². The maximum atomic E-state index is 5.97. The third kappa shape index (κ3) is 6.31. The fourth-order valence-electron chi connectivity index (χ4n) is 3.21. The summed E-state index contributed by atoms with van der Waals surface area (Å²) in [5.74, 6) is 0.830. The van der Waals surface area contributed by atoms with E-state index in [1.165, 1.54) is 22.3 Å². The molecule has 0 atom stereocenters.